The van der Waals surface area contributed by atoms with Gasteiger partial charge in [0.05, 0.1) is 13.2 Å². The molecule has 6 heteroatoms. The van der Waals surface area contributed by atoms with Gasteiger partial charge in [-0.2, -0.15) is 0 Å². The minimum absolute atomic E-state index is 0.195. The van der Waals surface area contributed by atoms with E-state index in [0.717, 1.165) is 5.56 Å². The van der Waals surface area contributed by atoms with Crippen LogP contribution in [0.4, 0.5) is 0 Å². The molecule has 4 rings (SSSR count). The van der Waals surface area contributed by atoms with Crippen molar-refractivity contribution in [2.24, 2.45) is 0 Å². The molecule has 2 aliphatic rings. The molecule has 2 aromatic carbocycles. The zero-order chi connectivity index (χ0) is 17.9. The maximum Gasteiger partial charge on any atom is 0.342 e. The van der Waals surface area contributed by atoms with Gasteiger partial charge in [-0.1, -0.05) is 42.5 Å². The average Bonchev–Trinajstić information content (AvgIpc) is 3.24. The fourth-order valence-electron chi connectivity index (χ4n) is 3.24. The number of carbonyl (C=O) groups excluding carboxylic acids is 1. The number of hydrogen-bond acceptors (Lipinski definition) is 6. The Morgan fingerprint density at radius 3 is 2.58 bits per heavy atom. The zero-order valence-electron chi connectivity index (χ0n) is 14.1. The lowest BCUT2D eigenvalue weighted by atomic mass is 10.1. The summed E-state index contributed by atoms with van der Waals surface area (Å²) in [5.74, 6) is -0.0305. The topological polar surface area (TPSA) is 74.2 Å². The lowest BCUT2D eigenvalue weighted by Crippen LogP contribution is -2.34. The molecule has 0 amide bonds. The van der Waals surface area contributed by atoms with Crippen LogP contribution >= 0.6 is 0 Å². The van der Waals surface area contributed by atoms with Crippen LogP contribution < -0.4 is 4.74 Å². The van der Waals surface area contributed by atoms with E-state index in [1.807, 2.05) is 36.4 Å². The van der Waals surface area contributed by atoms with E-state index in [9.17, 15) is 9.90 Å². The van der Waals surface area contributed by atoms with E-state index in [1.54, 1.807) is 18.2 Å². The number of esters is 1. The Morgan fingerprint density at radius 2 is 1.73 bits per heavy atom. The first-order chi connectivity index (χ1) is 12.7. The molecule has 0 aliphatic carbocycles. The molecule has 136 valence electrons. The third-order valence-electron chi connectivity index (χ3n) is 4.58. The fourth-order valence-corrected chi connectivity index (χ4v) is 3.24. The summed E-state index contributed by atoms with van der Waals surface area (Å²) in [5, 5.41) is 9.78. The standard InChI is InChI=1S/C20H20O6/c21-15-11-24-19-17(12-25-18(15)19)26-20(22)14-8-4-5-9-16(14)23-10-13-6-2-1-3-7-13/h1-9,15,17-19,21H,10-12H2/t15-,17+,18-,19-/m1/s1. The first kappa shape index (κ1) is 17.0. The van der Waals surface area contributed by atoms with Crippen molar-refractivity contribution < 1.29 is 28.8 Å². The Balaban J connectivity index is 1.43. The van der Waals surface area contributed by atoms with Crippen LogP contribution in [0.25, 0.3) is 0 Å². The van der Waals surface area contributed by atoms with Crippen molar-refractivity contribution >= 4 is 5.97 Å². The van der Waals surface area contributed by atoms with Crippen molar-refractivity contribution in [3.05, 3.63) is 65.7 Å². The second kappa shape index (κ2) is 7.45. The van der Waals surface area contributed by atoms with Crippen molar-refractivity contribution in [2.75, 3.05) is 13.2 Å². The molecule has 0 bridgehead atoms. The molecule has 1 N–H and O–H groups in total. The van der Waals surface area contributed by atoms with Gasteiger partial charge in [-0.25, -0.2) is 4.79 Å². The Morgan fingerprint density at radius 1 is 1.00 bits per heavy atom. The van der Waals surface area contributed by atoms with Crippen LogP contribution in [0.2, 0.25) is 0 Å². The molecule has 26 heavy (non-hydrogen) atoms. The minimum atomic E-state index is -0.676. The first-order valence-electron chi connectivity index (χ1n) is 8.60. The second-order valence-corrected chi connectivity index (χ2v) is 6.38. The van der Waals surface area contributed by atoms with Crippen LogP contribution in [0.15, 0.2) is 54.6 Å². The third kappa shape index (κ3) is 3.44. The number of benzene rings is 2. The summed E-state index contributed by atoms with van der Waals surface area (Å²) in [6, 6.07) is 16.7. The zero-order valence-corrected chi connectivity index (χ0v) is 14.1. The SMILES string of the molecule is O=C(O[C@H]1CO[C@H]2[C@@H]1OC[C@H]2O)c1ccccc1OCc1ccccc1. The highest BCUT2D eigenvalue weighted by Crippen LogP contribution is 2.30. The maximum absolute atomic E-state index is 12.6. The van der Waals surface area contributed by atoms with Gasteiger partial charge >= 0.3 is 5.97 Å². The Bertz CT molecular complexity index is 762. The normalized spacial score (nSPS) is 27.1. The van der Waals surface area contributed by atoms with E-state index in [1.165, 1.54) is 0 Å². The lowest BCUT2D eigenvalue weighted by molar-refractivity contribution is -0.0211. The van der Waals surface area contributed by atoms with Crippen LogP contribution in [0, 0.1) is 0 Å². The highest BCUT2D eigenvalue weighted by molar-refractivity contribution is 5.92. The second-order valence-electron chi connectivity index (χ2n) is 6.38. The van der Waals surface area contributed by atoms with Gasteiger partial charge in [-0.05, 0) is 17.7 Å². The number of carbonyl (C=O) groups is 1. The molecule has 2 aromatic rings. The largest absolute Gasteiger partial charge is 0.488 e. The van der Waals surface area contributed by atoms with Gasteiger partial charge < -0.3 is 24.1 Å². The fraction of sp³-hybridized carbons (Fsp3) is 0.350. The third-order valence-corrected chi connectivity index (χ3v) is 4.58. The molecular formula is C20H20O6. The summed E-state index contributed by atoms with van der Waals surface area (Å²) in [7, 11) is 0. The Hall–Kier alpha value is -2.41. The van der Waals surface area contributed by atoms with Crippen molar-refractivity contribution in [2.45, 2.75) is 31.0 Å². The molecule has 4 atom stereocenters. The average molecular weight is 356 g/mol. The van der Waals surface area contributed by atoms with E-state index in [2.05, 4.69) is 0 Å². The van der Waals surface area contributed by atoms with Gasteiger partial charge in [0.2, 0.25) is 0 Å². The monoisotopic (exact) mass is 356 g/mol. The molecule has 0 spiro atoms. The molecular weight excluding hydrogens is 336 g/mol. The molecule has 0 unspecified atom stereocenters. The first-order valence-corrected chi connectivity index (χ1v) is 8.60. The van der Waals surface area contributed by atoms with E-state index in [-0.39, 0.29) is 13.2 Å². The molecule has 2 aliphatic heterocycles. The summed E-state index contributed by atoms with van der Waals surface area (Å²) in [6.45, 7) is 0.767. The van der Waals surface area contributed by atoms with E-state index in [0.29, 0.717) is 17.9 Å². The van der Waals surface area contributed by atoms with Crippen LogP contribution in [-0.2, 0) is 20.8 Å². The minimum Gasteiger partial charge on any atom is -0.488 e. The van der Waals surface area contributed by atoms with Gasteiger partial charge in [0.15, 0.2) is 6.10 Å². The Kier molecular flexibility index (Phi) is 4.88. The number of aliphatic hydroxyl groups is 1. The highest BCUT2D eigenvalue weighted by Gasteiger charge is 2.49. The molecule has 0 saturated carbocycles. The van der Waals surface area contributed by atoms with E-state index in [4.69, 9.17) is 18.9 Å². The van der Waals surface area contributed by atoms with Crippen molar-refractivity contribution in [3.63, 3.8) is 0 Å². The highest BCUT2D eigenvalue weighted by atomic mass is 16.6. The van der Waals surface area contributed by atoms with E-state index < -0.39 is 30.4 Å². The number of hydrogen-bond donors (Lipinski definition) is 1. The van der Waals surface area contributed by atoms with Crippen molar-refractivity contribution in [1.29, 1.82) is 0 Å². The number of ether oxygens (including phenoxy) is 4. The van der Waals surface area contributed by atoms with Crippen molar-refractivity contribution in [3.8, 4) is 5.75 Å². The number of rotatable bonds is 5. The molecule has 2 saturated heterocycles. The predicted octanol–water partition coefficient (Wildman–Crippen LogP) is 1.95. The van der Waals surface area contributed by atoms with Gasteiger partial charge in [-0.3, -0.25) is 0 Å². The van der Waals surface area contributed by atoms with Crippen LogP contribution in [0.3, 0.4) is 0 Å². The van der Waals surface area contributed by atoms with Gasteiger partial charge in [-0.15, -0.1) is 0 Å². The smallest absolute Gasteiger partial charge is 0.342 e. The van der Waals surface area contributed by atoms with Gasteiger partial charge in [0.25, 0.3) is 0 Å². The lowest BCUT2D eigenvalue weighted by Gasteiger charge is -2.18. The van der Waals surface area contributed by atoms with Crippen LogP contribution in [0.5, 0.6) is 5.75 Å². The van der Waals surface area contributed by atoms with Crippen LogP contribution in [-0.4, -0.2) is 48.7 Å². The van der Waals surface area contributed by atoms with Crippen molar-refractivity contribution in [1.82, 2.24) is 0 Å². The quantitative estimate of drug-likeness (QED) is 0.826. The molecule has 0 radical (unpaired) electrons. The number of fused-ring (bicyclic) bond motifs is 1. The number of aliphatic hydroxyl groups excluding tert-OH is 1. The van der Waals surface area contributed by atoms with Gasteiger partial charge in [0.1, 0.15) is 36.2 Å². The summed E-state index contributed by atoms with van der Waals surface area (Å²) >= 11 is 0. The molecule has 2 fully saturated rings. The molecule has 0 aromatic heterocycles. The summed E-state index contributed by atoms with van der Waals surface area (Å²) < 4.78 is 22.4. The number of para-hydroxylation sites is 1. The van der Waals surface area contributed by atoms with E-state index >= 15 is 0 Å². The predicted molar refractivity (Wildman–Crippen MR) is 91.9 cm³/mol. The molecule has 2 heterocycles. The molecule has 6 nitrogen and oxygen atoms in total. The maximum atomic E-state index is 12.6. The summed E-state index contributed by atoms with van der Waals surface area (Å²) in [5.41, 5.74) is 1.36. The Labute approximate surface area is 151 Å². The van der Waals surface area contributed by atoms with Crippen LogP contribution in [0.1, 0.15) is 15.9 Å². The summed E-state index contributed by atoms with van der Waals surface area (Å²) in [4.78, 5) is 12.6. The van der Waals surface area contributed by atoms with Gasteiger partial charge in [0, 0.05) is 0 Å². The summed E-state index contributed by atoms with van der Waals surface area (Å²) in [6.07, 6.45) is -2.07.